The zero-order chi connectivity index (χ0) is 23.3. The first-order valence-corrected chi connectivity index (χ1v) is 13.2. The lowest BCUT2D eigenvalue weighted by atomic mass is 10.1. The molecule has 1 unspecified atom stereocenters. The van der Waals surface area contributed by atoms with Gasteiger partial charge in [-0.15, -0.1) is 0 Å². The standard InChI is InChI=1S/C23H32N4O5S/c28-27(29)21-17-19(33(30,31)26-14-6-1-2-7-15-26)10-11-20(21)24-18-22(23-9-8-16-32-23)25-12-4-3-5-13-25/h8-11,16-17,22,24H,1-7,12-15,18H2. The largest absolute Gasteiger partial charge is 0.468 e. The first-order chi connectivity index (χ1) is 16.0. The van der Waals surface area contributed by atoms with Gasteiger partial charge in [0.15, 0.2) is 0 Å². The molecule has 2 aliphatic rings. The monoisotopic (exact) mass is 476 g/mol. The molecule has 2 fully saturated rings. The summed E-state index contributed by atoms with van der Waals surface area (Å²) in [6, 6.07) is 7.88. The number of anilines is 1. The summed E-state index contributed by atoms with van der Waals surface area (Å²) in [6.45, 7) is 3.23. The minimum atomic E-state index is -3.76. The molecule has 0 bridgehead atoms. The van der Waals surface area contributed by atoms with E-state index in [1.165, 1.54) is 28.9 Å². The molecule has 0 radical (unpaired) electrons. The fourth-order valence-corrected chi connectivity index (χ4v) is 6.27. The van der Waals surface area contributed by atoms with Crippen LogP contribution in [0, 0.1) is 10.1 Å². The van der Waals surface area contributed by atoms with Crippen molar-refractivity contribution in [2.45, 2.75) is 55.9 Å². The van der Waals surface area contributed by atoms with Crippen molar-refractivity contribution in [1.29, 1.82) is 0 Å². The summed E-state index contributed by atoms with van der Waals surface area (Å²) < 4.78 is 33.3. The van der Waals surface area contributed by atoms with Gasteiger partial charge in [-0.3, -0.25) is 15.0 Å². The second-order valence-electron chi connectivity index (χ2n) is 8.76. The second-order valence-corrected chi connectivity index (χ2v) is 10.7. The fraction of sp³-hybridized carbons (Fsp3) is 0.565. The van der Waals surface area contributed by atoms with Gasteiger partial charge in [0.05, 0.1) is 22.1 Å². The molecule has 10 heteroatoms. The number of nitro benzene ring substituents is 1. The van der Waals surface area contributed by atoms with Crippen LogP contribution in [0.2, 0.25) is 0 Å². The van der Waals surface area contributed by atoms with E-state index in [-0.39, 0.29) is 16.6 Å². The third kappa shape index (κ3) is 5.56. The summed E-state index contributed by atoms with van der Waals surface area (Å²) in [5.41, 5.74) is 0.0751. The van der Waals surface area contributed by atoms with Gasteiger partial charge < -0.3 is 9.73 Å². The van der Waals surface area contributed by atoms with Crippen LogP contribution in [0.4, 0.5) is 11.4 Å². The molecule has 0 aliphatic carbocycles. The van der Waals surface area contributed by atoms with Crippen molar-refractivity contribution in [3.63, 3.8) is 0 Å². The smallest absolute Gasteiger partial charge is 0.293 e. The maximum absolute atomic E-state index is 13.1. The Labute approximate surface area is 194 Å². The van der Waals surface area contributed by atoms with Gasteiger partial charge in [-0.2, -0.15) is 4.31 Å². The van der Waals surface area contributed by atoms with Gasteiger partial charge in [-0.05, 0) is 63.0 Å². The fourth-order valence-electron chi connectivity index (χ4n) is 4.73. The highest BCUT2D eigenvalue weighted by molar-refractivity contribution is 7.89. The third-order valence-corrected chi connectivity index (χ3v) is 8.45. The van der Waals surface area contributed by atoms with Gasteiger partial charge in [-0.25, -0.2) is 8.42 Å². The normalized spacial score (nSPS) is 19.6. The molecule has 0 spiro atoms. The molecule has 4 rings (SSSR count). The number of nitro groups is 1. The van der Waals surface area contributed by atoms with Crippen LogP contribution in [0.15, 0.2) is 45.9 Å². The van der Waals surface area contributed by atoms with E-state index in [1.54, 1.807) is 6.26 Å². The third-order valence-electron chi connectivity index (χ3n) is 6.56. The minimum absolute atomic E-state index is 0.0275. The predicted octanol–water partition coefficient (Wildman–Crippen LogP) is 4.39. The Balaban J connectivity index is 1.55. The Kier molecular flexibility index (Phi) is 7.67. The van der Waals surface area contributed by atoms with Gasteiger partial charge in [0, 0.05) is 25.7 Å². The Hall–Kier alpha value is -2.43. The summed E-state index contributed by atoms with van der Waals surface area (Å²) in [5.74, 6) is 0.812. The minimum Gasteiger partial charge on any atom is -0.468 e. The SMILES string of the molecule is O=[N+]([O-])c1cc(S(=O)(=O)N2CCCCCC2)ccc1NCC(c1ccco1)N1CCCCC1. The summed E-state index contributed by atoms with van der Waals surface area (Å²) >= 11 is 0. The lowest BCUT2D eigenvalue weighted by molar-refractivity contribution is -0.384. The number of piperidine rings is 1. The Morgan fingerprint density at radius 2 is 1.67 bits per heavy atom. The second kappa shape index (κ2) is 10.7. The van der Waals surface area contributed by atoms with E-state index in [1.807, 2.05) is 12.1 Å². The van der Waals surface area contributed by atoms with E-state index in [0.717, 1.165) is 57.4 Å². The van der Waals surface area contributed by atoms with Crippen molar-refractivity contribution in [3.05, 3.63) is 52.5 Å². The molecule has 2 aliphatic heterocycles. The highest BCUT2D eigenvalue weighted by Gasteiger charge is 2.29. The molecule has 2 aromatic rings. The van der Waals surface area contributed by atoms with Crippen LogP contribution in [-0.2, 0) is 10.0 Å². The summed E-state index contributed by atoms with van der Waals surface area (Å²) in [4.78, 5) is 13.6. The van der Waals surface area contributed by atoms with Gasteiger partial charge in [0.25, 0.3) is 5.69 Å². The number of likely N-dealkylation sites (tertiary alicyclic amines) is 1. The quantitative estimate of drug-likeness (QED) is 0.444. The average molecular weight is 477 g/mol. The van der Waals surface area contributed by atoms with E-state index in [0.29, 0.717) is 25.3 Å². The van der Waals surface area contributed by atoms with Crippen molar-refractivity contribution < 1.29 is 17.8 Å². The molecular formula is C23H32N4O5S. The van der Waals surface area contributed by atoms with Gasteiger partial charge in [0.1, 0.15) is 11.4 Å². The van der Waals surface area contributed by atoms with E-state index in [9.17, 15) is 18.5 Å². The first kappa shape index (κ1) is 23.7. The van der Waals surface area contributed by atoms with Crippen molar-refractivity contribution >= 4 is 21.4 Å². The van der Waals surface area contributed by atoms with Crippen LogP contribution in [0.3, 0.4) is 0 Å². The maximum Gasteiger partial charge on any atom is 0.293 e. The highest BCUT2D eigenvalue weighted by atomic mass is 32.2. The number of benzene rings is 1. The molecule has 33 heavy (non-hydrogen) atoms. The lowest BCUT2D eigenvalue weighted by Crippen LogP contribution is -2.37. The zero-order valence-corrected chi connectivity index (χ0v) is 19.6. The van der Waals surface area contributed by atoms with Gasteiger partial charge in [0.2, 0.25) is 10.0 Å². The van der Waals surface area contributed by atoms with Gasteiger partial charge in [-0.1, -0.05) is 19.3 Å². The number of nitrogens with zero attached hydrogens (tertiary/aromatic N) is 3. The van der Waals surface area contributed by atoms with Crippen LogP contribution >= 0.6 is 0 Å². The molecule has 1 aromatic heterocycles. The lowest BCUT2D eigenvalue weighted by Gasteiger charge is -2.33. The number of hydrogen-bond donors (Lipinski definition) is 1. The molecule has 1 aromatic carbocycles. The Morgan fingerprint density at radius 3 is 2.30 bits per heavy atom. The van der Waals surface area contributed by atoms with Crippen molar-refractivity contribution in [2.75, 3.05) is 38.0 Å². The van der Waals surface area contributed by atoms with Crippen molar-refractivity contribution in [1.82, 2.24) is 9.21 Å². The number of hydrogen-bond acceptors (Lipinski definition) is 7. The molecule has 2 saturated heterocycles. The van der Waals surface area contributed by atoms with Crippen LogP contribution < -0.4 is 5.32 Å². The van der Waals surface area contributed by atoms with E-state index < -0.39 is 14.9 Å². The molecule has 3 heterocycles. The number of sulfonamides is 1. The van der Waals surface area contributed by atoms with Gasteiger partial charge >= 0.3 is 0 Å². The van der Waals surface area contributed by atoms with E-state index in [2.05, 4.69) is 10.2 Å². The van der Waals surface area contributed by atoms with Crippen molar-refractivity contribution in [3.8, 4) is 0 Å². The highest BCUT2D eigenvalue weighted by Crippen LogP contribution is 2.32. The van der Waals surface area contributed by atoms with Crippen molar-refractivity contribution in [2.24, 2.45) is 0 Å². The number of nitrogens with one attached hydrogen (secondary N) is 1. The van der Waals surface area contributed by atoms with Crippen LogP contribution in [0.5, 0.6) is 0 Å². The molecule has 0 amide bonds. The summed E-state index contributed by atoms with van der Waals surface area (Å²) in [7, 11) is -3.76. The summed E-state index contributed by atoms with van der Waals surface area (Å²) in [6.07, 6.45) is 8.69. The molecule has 1 atom stereocenters. The predicted molar refractivity (Wildman–Crippen MR) is 126 cm³/mol. The first-order valence-electron chi connectivity index (χ1n) is 11.8. The molecular weight excluding hydrogens is 444 g/mol. The topological polar surface area (TPSA) is 109 Å². The molecule has 1 N–H and O–H groups in total. The average Bonchev–Trinajstić information content (AvgIpc) is 3.20. The zero-order valence-electron chi connectivity index (χ0n) is 18.8. The molecule has 9 nitrogen and oxygen atoms in total. The Morgan fingerprint density at radius 1 is 1.00 bits per heavy atom. The molecule has 0 saturated carbocycles. The van der Waals surface area contributed by atoms with Crippen LogP contribution in [0.25, 0.3) is 0 Å². The maximum atomic E-state index is 13.1. The van der Waals surface area contributed by atoms with Crippen LogP contribution in [0.1, 0.15) is 56.7 Å². The number of furan rings is 1. The van der Waals surface area contributed by atoms with Crippen LogP contribution in [-0.4, -0.2) is 55.3 Å². The van der Waals surface area contributed by atoms with E-state index >= 15 is 0 Å². The molecule has 180 valence electrons. The summed E-state index contributed by atoms with van der Waals surface area (Å²) in [5, 5.41) is 15.0. The van der Waals surface area contributed by atoms with E-state index in [4.69, 9.17) is 4.42 Å². The Bertz CT molecular complexity index is 1030. The number of rotatable bonds is 8.